The van der Waals surface area contributed by atoms with Gasteiger partial charge in [-0.3, -0.25) is 0 Å². The summed E-state index contributed by atoms with van der Waals surface area (Å²) in [4.78, 5) is 18.3. The number of H-pyrrole nitrogens is 1. The van der Waals surface area contributed by atoms with Crippen LogP contribution in [0.15, 0.2) is 5.57 Å². The molecular weight excluding hydrogens is 222 g/mol. The van der Waals surface area contributed by atoms with Crippen LogP contribution in [-0.2, 0) is 10.2 Å². The molecule has 17 heavy (non-hydrogen) atoms. The lowest BCUT2D eigenvalue weighted by Gasteiger charge is -2.34. The molecule has 0 fully saturated rings. The van der Waals surface area contributed by atoms with E-state index >= 15 is 0 Å². The standard InChI is InChI=1S/C11H15N3O3/c1-11(2)7(12)5(9(15)16)4-6-8(11)14-10(13-6)17-3/h4,7H,12H2,1-3H3,(H,13,14)(H,15,16). The van der Waals surface area contributed by atoms with Crippen LogP contribution in [0.25, 0.3) is 6.08 Å². The molecule has 1 aromatic heterocycles. The number of ether oxygens (including phenoxy) is 1. The highest BCUT2D eigenvalue weighted by atomic mass is 16.5. The van der Waals surface area contributed by atoms with Gasteiger partial charge in [0.2, 0.25) is 0 Å². The van der Waals surface area contributed by atoms with E-state index in [4.69, 9.17) is 15.6 Å². The maximum Gasteiger partial charge on any atom is 0.333 e. The number of aliphatic carboxylic acids is 1. The summed E-state index contributed by atoms with van der Waals surface area (Å²) < 4.78 is 5.01. The molecule has 6 nitrogen and oxygen atoms in total. The molecular formula is C11H15N3O3. The van der Waals surface area contributed by atoms with Crippen LogP contribution in [0.1, 0.15) is 25.2 Å². The van der Waals surface area contributed by atoms with Crippen molar-refractivity contribution in [3.05, 3.63) is 17.0 Å². The van der Waals surface area contributed by atoms with Crippen LogP contribution < -0.4 is 10.5 Å². The van der Waals surface area contributed by atoms with Gasteiger partial charge in [0.25, 0.3) is 6.01 Å². The summed E-state index contributed by atoms with van der Waals surface area (Å²) in [5.74, 6) is -1.02. The van der Waals surface area contributed by atoms with Gasteiger partial charge >= 0.3 is 5.97 Å². The fraction of sp³-hybridized carbons (Fsp3) is 0.455. The number of nitrogens with zero attached hydrogens (tertiary/aromatic N) is 1. The van der Waals surface area contributed by atoms with E-state index in [-0.39, 0.29) is 5.57 Å². The fourth-order valence-electron chi connectivity index (χ4n) is 2.03. The monoisotopic (exact) mass is 237 g/mol. The predicted octanol–water partition coefficient (Wildman–Crippen LogP) is 0.505. The number of carboxylic acids is 1. The summed E-state index contributed by atoms with van der Waals surface area (Å²) in [6, 6.07) is -0.226. The van der Waals surface area contributed by atoms with Crippen molar-refractivity contribution in [3.63, 3.8) is 0 Å². The Morgan fingerprint density at radius 3 is 2.82 bits per heavy atom. The molecule has 0 bridgehead atoms. The van der Waals surface area contributed by atoms with Gasteiger partial charge in [-0.2, -0.15) is 4.98 Å². The van der Waals surface area contributed by atoms with Crippen LogP contribution in [0.4, 0.5) is 0 Å². The first kappa shape index (κ1) is 11.7. The molecule has 1 atom stereocenters. The number of hydrogen-bond donors (Lipinski definition) is 3. The summed E-state index contributed by atoms with van der Waals surface area (Å²) >= 11 is 0. The molecule has 92 valence electrons. The topological polar surface area (TPSA) is 101 Å². The molecule has 2 rings (SSSR count). The smallest absolute Gasteiger partial charge is 0.333 e. The number of fused-ring (bicyclic) bond motifs is 1. The molecule has 0 saturated carbocycles. The van der Waals surface area contributed by atoms with E-state index in [0.29, 0.717) is 11.7 Å². The minimum absolute atomic E-state index is 0.164. The minimum Gasteiger partial charge on any atom is -0.478 e. The molecule has 1 aromatic rings. The Hall–Kier alpha value is -1.82. The Kier molecular flexibility index (Phi) is 2.46. The third-order valence-corrected chi connectivity index (χ3v) is 3.20. The van der Waals surface area contributed by atoms with Gasteiger partial charge in [0.05, 0.1) is 24.1 Å². The first-order chi connectivity index (χ1) is 7.87. The predicted molar refractivity (Wildman–Crippen MR) is 61.8 cm³/mol. The van der Waals surface area contributed by atoms with Gasteiger partial charge in [-0.1, -0.05) is 13.8 Å². The number of rotatable bonds is 2. The molecule has 0 aromatic carbocycles. The number of methoxy groups -OCH3 is 1. The second-order valence-electron chi connectivity index (χ2n) is 4.61. The minimum atomic E-state index is -1.02. The second-order valence-corrected chi connectivity index (χ2v) is 4.61. The van der Waals surface area contributed by atoms with Crippen LogP contribution in [-0.4, -0.2) is 34.2 Å². The lowest BCUT2D eigenvalue weighted by Crippen LogP contribution is -2.46. The van der Waals surface area contributed by atoms with Crippen molar-refractivity contribution < 1.29 is 14.6 Å². The SMILES string of the molecule is COc1nc2c([nH]1)C(C)(C)C(N)C(C(=O)O)=C2. The van der Waals surface area contributed by atoms with Gasteiger partial charge < -0.3 is 20.6 Å². The van der Waals surface area contributed by atoms with Gasteiger partial charge in [0, 0.05) is 11.5 Å². The van der Waals surface area contributed by atoms with Crippen molar-refractivity contribution in [2.45, 2.75) is 25.3 Å². The molecule has 0 amide bonds. The largest absolute Gasteiger partial charge is 0.478 e. The molecule has 1 aliphatic rings. The zero-order chi connectivity index (χ0) is 12.8. The maximum absolute atomic E-state index is 11.1. The fourth-order valence-corrected chi connectivity index (χ4v) is 2.03. The maximum atomic E-state index is 11.1. The summed E-state index contributed by atoms with van der Waals surface area (Å²) in [7, 11) is 1.50. The first-order valence-corrected chi connectivity index (χ1v) is 5.23. The van der Waals surface area contributed by atoms with Gasteiger partial charge in [0.1, 0.15) is 0 Å². The van der Waals surface area contributed by atoms with E-state index < -0.39 is 17.4 Å². The van der Waals surface area contributed by atoms with Crippen LogP contribution in [0.3, 0.4) is 0 Å². The Morgan fingerprint density at radius 2 is 2.29 bits per heavy atom. The highest BCUT2D eigenvalue weighted by Crippen LogP contribution is 2.37. The number of nitrogens with one attached hydrogen (secondary N) is 1. The lowest BCUT2D eigenvalue weighted by atomic mass is 9.73. The van der Waals surface area contributed by atoms with Crippen molar-refractivity contribution >= 4 is 12.0 Å². The summed E-state index contributed by atoms with van der Waals surface area (Å²) in [6.45, 7) is 3.76. The first-order valence-electron chi connectivity index (χ1n) is 5.23. The highest BCUT2D eigenvalue weighted by Gasteiger charge is 2.40. The Balaban J connectivity index is 2.62. The third kappa shape index (κ3) is 1.61. The number of carboxylic acid groups (broad SMARTS) is 1. The summed E-state index contributed by atoms with van der Waals surface area (Å²) in [5, 5.41) is 9.11. The number of hydrogen-bond acceptors (Lipinski definition) is 4. The van der Waals surface area contributed by atoms with Crippen LogP contribution in [0, 0.1) is 0 Å². The Labute approximate surface area is 98.5 Å². The van der Waals surface area contributed by atoms with Crippen molar-refractivity contribution in [2.75, 3.05) is 7.11 Å². The Bertz CT molecular complexity index is 502. The average Bonchev–Trinajstić information content (AvgIpc) is 2.67. The van der Waals surface area contributed by atoms with E-state index in [9.17, 15) is 4.79 Å². The van der Waals surface area contributed by atoms with Crippen molar-refractivity contribution in [3.8, 4) is 6.01 Å². The average molecular weight is 237 g/mol. The molecule has 0 aliphatic heterocycles. The molecule has 6 heteroatoms. The number of nitrogens with two attached hydrogens (primary N) is 1. The van der Waals surface area contributed by atoms with E-state index in [1.54, 1.807) is 0 Å². The summed E-state index contributed by atoms with van der Waals surface area (Å²) in [5.41, 5.74) is 7.00. The van der Waals surface area contributed by atoms with E-state index in [2.05, 4.69) is 9.97 Å². The van der Waals surface area contributed by atoms with Crippen molar-refractivity contribution in [2.24, 2.45) is 5.73 Å². The van der Waals surface area contributed by atoms with E-state index in [0.717, 1.165) is 5.69 Å². The van der Waals surface area contributed by atoms with Crippen molar-refractivity contribution in [1.82, 2.24) is 9.97 Å². The number of aromatic amines is 1. The van der Waals surface area contributed by atoms with Gasteiger partial charge in [-0.25, -0.2) is 4.79 Å². The zero-order valence-electron chi connectivity index (χ0n) is 9.94. The van der Waals surface area contributed by atoms with Crippen LogP contribution in [0.2, 0.25) is 0 Å². The lowest BCUT2D eigenvalue weighted by molar-refractivity contribution is -0.133. The summed E-state index contributed by atoms with van der Waals surface area (Å²) in [6.07, 6.45) is 1.49. The quantitative estimate of drug-likeness (QED) is 0.695. The van der Waals surface area contributed by atoms with Gasteiger partial charge in [0.15, 0.2) is 0 Å². The van der Waals surface area contributed by atoms with Crippen molar-refractivity contribution in [1.29, 1.82) is 0 Å². The molecule has 1 aliphatic carbocycles. The molecule has 0 saturated heterocycles. The van der Waals surface area contributed by atoms with Crippen LogP contribution >= 0.6 is 0 Å². The number of aromatic nitrogens is 2. The molecule has 1 unspecified atom stereocenters. The highest BCUT2D eigenvalue weighted by molar-refractivity contribution is 5.95. The van der Waals surface area contributed by atoms with Gasteiger partial charge in [-0.15, -0.1) is 0 Å². The normalized spacial score (nSPS) is 21.6. The molecule has 0 spiro atoms. The third-order valence-electron chi connectivity index (χ3n) is 3.20. The molecule has 0 radical (unpaired) electrons. The Morgan fingerprint density at radius 1 is 1.65 bits per heavy atom. The second kappa shape index (κ2) is 3.59. The molecule has 1 heterocycles. The van der Waals surface area contributed by atoms with E-state index in [1.165, 1.54) is 13.2 Å². The zero-order valence-corrected chi connectivity index (χ0v) is 9.94. The van der Waals surface area contributed by atoms with E-state index in [1.807, 2.05) is 13.8 Å². The van der Waals surface area contributed by atoms with Crippen LogP contribution in [0.5, 0.6) is 6.01 Å². The van der Waals surface area contributed by atoms with Gasteiger partial charge in [-0.05, 0) is 6.08 Å². The number of imidazole rings is 1. The molecule has 4 N–H and O–H groups in total. The number of carbonyl (C=O) groups is 1.